The molecule has 0 aromatic heterocycles. The predicted octanol–water partition coefficient (Wildman–Crippen LogP) is 0.128. The van der Waals surface area contributed by atoms with Crippen molar-refractivity contribution in [3.05, 3.63) is 0 Å². The van der Waals surface area contributed by atoms with Crippen LogP contribution in [0.5, 0.6) is 0 Å². The van der Waals surface area contributed by atoms with Gasteiger partial charge < -0.3 is 5.73 Å². The van der Waals surface area contributed by atoms with E-state index in [0.717, 1.165) is 0 Å². The SMILES string of the molecule is [2H]C([2H])([2H])C(C(N)=O)C([2H])([2H])[2H]. The maximum Gasteiger partial charge on any atom is 0.219 e. The number of hydrogen-bond acceptors (Lipinski definition) is 1. The molecule has 2 nitrogen and oxygen atoms in total. The third-order valence-electron chi connectivity index (χ3n) is 0.285. The topological polar surface area (TPSA) is 43.1 Å². The number of amides is 1. The number of primary amides is 1. The lowest BCUT2D eigenvalue weighted by atomic mass is 10.2. The summed E-state index contributed by atoms with van der Waals surface area (Å²) in [4.78, 5) is 10.5. The van der Waals surface area contributed by atoms with Crippen LogP contribution in [0.3, 0.4) is 0 Å². The maximum absolute atomic E-state index is 10.5. The zero-order chi connectivity index (χ0) is 10.2. The molecule has 0 aliphatic carbocycles. The number of hydrogen-bond donors (Lipinski definition) is 1. The Morgan fingerprint density at radius 3 is 2.50 bits per heavy atom. The van der Waals surface area contributed by atoms with Gasteiger partial charge in [0.05, 0.1) is 0 Å². The van der Waals surface area contributed by atoms with Gasteiger partial charge in [0.2, 0.25) is 5.91 Å². The summed E-state index contributed by atoms with van der Waals surface area (Å²) in [5, 5.41) is 0. The second kappa shape index (κ2) is 1.80. The van der Waals surface area contributed by atoms with Crippen molar-refractivity contribution >= 4 is 5.91 Å². The van der Waals surface area contributed by atoms with Crippen LogP contribution < -0.4 is 5.73 Å². The van der Waals surface area contributed by atoms with Crippen LogP contribution >= 0.6 is 0 Å². The summed E-state index contributed by atoms with van der Waals surface area (Å²) in [6.07, 6.45) is 0. The molecule has 1 amide bonds. The molecule has 0 atom stereocenters. The van der Waals surface area contributed by atoms with Gasteiger partial charge in [0, 0.05) is 14.1 Å². The Kier molecular flexibility index (Phi) is 0.299. The average molecular weight is 93.2 g/mol. The normalized spacial score (nSPS) is 28.2. The van der Waals surface area contributed by atoms with Crippen LogP contribution in [0.15, 0.2) is 0 Å². The van der Waals surface area contributed by atoms with Gasteiger partial charge in [0.15, 0.2) is 0 Å². The van der Waals surface area contributed by atoms with Crippen molar-refractivity contribution in [3.8, 4) is 0 Å². The molecule has 36 valence electrons. The van der Waals surface area contributed by atoms with Crippen molar-refractivity contribution in [1.82, 2.24) is 0 Å². The van der Waals surface area contributed by atoms with E-state index in [1.165, 1.54) is 0 Å². The van der Waals surface area contributed by atoms with Crippen molar-refractivity contribution in [2.75, 3.05) is 0 Å². The van der Waals surface area contributed by atoms with Crippen LogP contribution in [0.1, 0.15) is 21.9 Å². The zero-order valence-electron chi connectivity index (χ0n) is 9.06. The monoisotopic (exact) mass is 93.1 g/mol. The minimum absolute atomic E-state index is 1.32. The lowest BCUT2D eigenvalue weighted by Crippen LogP contribution is -2.17. The van der Waals surface area contributed by atoms with Gasteiger partial charge in [-0.1, -0.05) is 13.7 Å². The molecule has 0 rings (SSSR count). The lowest BCUT2D eigenvalue weighted by molar-refractivity contribution is -0.120. The standard InChI is InChI=1S/C4H9NO/c1-3(2)4(5)6/h3H,1-2H3,(H2,5,6)/i1D3,2D3. The Morgan fingerprint density at radius 1 is 2.00 bits per heavy atom. The molecule has 0 aliphatic rings. The molecule has 0 radical (unpaired) electrons. The van der Waals surface area contributed by atoms with Crippen molar-refractivity contribution in [2.24, 2.45) is 11.7 Å². The largest absolute Gasteiger partial charge is 0.369 e. The molecule has 0 aliphatic heterocycles. The lowest BCUT2D eigenvalue weighted by Gasteiger charge is -1.90. The molecule has 6 heavy (non-hydrogen) atoms. The van der Waals surface area contributed by atoms with E-state index >= 15 is 0 Å². The Bertz CT molecular complexity index is 167. The van der Waals surface area contributed by atoms with Gasteiger partial charge in [-0.15, -0.1) is 0 Å². The van der Waals surface area contributed by atoms with Gasteiger partial charge in [0.1, 0.15) is 0 Å². The molecule has 0 spiro atoms. The highest BCUT2D eigenvalue weighted by Crippen LogP contribution is 1.84. The van der Waals surface area contributed by atoms with Gasteiger partial charge in [-0.25, -0.2) is 0 Å². The third-order valence-corrected chi connectivity index (χ3v) is 0.285. The minimum Gasteiger partial charge on any atom is -0.369 e. The van der Waals surface area contributed by atoms with Crippen LogP contribution in [0, 0.1) is 5.92 Å². The van der Waals surface area contributed by atoms with Gasteiger partial charge in [-0.05, 0) is 0 Å². The first-order valence-corrected chi connectivity index (χ1v) is 1.36. The first-order chi connectivity index (χ1) is 5.07. The Balaban J connectivity index is 4.82. The van der Waals surface area contributed by atoms with Crippen molar-refractivity contribution in [1.29, 1.82) is 0 Å². The summed E-state index contributed by atoms with van der Waals surface area (Å²) < 4.78 is 40.5. The van der Waals surface area contributed by atoms with Gasteiger partial charge in [-0.2, -0.15) is 0 Å². The summed E-state index contributed by atoms with van der Waals surface area (Å²) in [7, 11) is 0. The third kappa shape index (κ3) is 1.76. The van der Waals surface area contributed by atoms with Crippen molar-refractivity contribution in [3.63, 3.8) is 0 Å². The van der Waals surface area contributed by atoms with E-state index in [1.807, 2.05) is 0 Å². The first-order valence-electron chi connectivity index (χ1n) is 4.36. The fraction of sp³-hybridized carbons (Fsp3) is 0.750. The molecule has 0 aromatic carbocycles. The van der Waals surface area contributed by atoms with E-state index in [4.69, 9.17) is 8.22 Å². The number of carbonyl (C=O) groups excluding carboxylic acids is 1. The van der Waals surface area contributed by atoms with Crippen molar-refractivity contribution in [2.45, 2.75) is 13.7 Å². The van der Waals surface area contributed by atoms with Crippen LogP contribution in [-0.4, -0.2) is 5.91 Å². The molecule has 0 saturated carbocycles. The van der Waals surface area contributed by atoms with Crippen LogP contribution in [0.2, 0.25) is 0 Å². The molecule has 0 aromatic rings. The Morgan fingerprint density at radius 2 is 2.50 bits per heavy atom. The van der Waals surface area contributed by atoms with Gasteiger partial charge >= 0.3 is 0 Å². The van der Waals surface area contributed by atoms with Gasteiger partial charge in [0.25, 0.3) is 0 Å². The molecule has 2 N–H and O–H groups in total. The van der Waals surface area contributed by atoms with Crippen LogP contribution in [0.4, 0.5) is 0 Å². The van der Waals surface area contributed by atoms with E-state index in [0.29, 0.717) is 0 Å². The highest BCUT2D eigenvalue weighted by atomic mass is 16.1. The summed E-state index contributed by atoms with van der Waals surface area (Å²) in [5.74, 6) is -3.40. The first kappa shape index (κ1) is 0.997. The minimum atomic E-state index is -2.86. The van der Waals surface area contributed by atoms with E-state index < -0.39 is 25.5 Å². The molecule has 0 unspecified atom stereocenters. The molecule has 0 saturated heterocycles. The fourth-order valence-electron chi connectivity index (χ4n) is 0. The van der Waals surface area contributed by atoms with Crippen LogP contribution in [0.25, 0.3) is 0 Å². The molecule has 2 heteroatoms. The van der Waals surface area contributed by atoms with Gasteiger partial charge in [-0.3, -0.25) is 4.79 Å². The summed E-state index contributed by atoms with van der Waals surface area (Å²) in [6.45, 7) is -5.73. The predicted molar refractivity (Wildman–Crippen MR) is 24.0 cm³/mol. The van der Waals surface area contributed by atoms with E-state index in [1.54, 1.807) is 0 Å². The molecule has 0 heterocycles. The molecular formula is C4H9NO. The van der Waals surface area contributed by atoms with E-state index in [-0.39, 0.29) is 0 Å². The second-order valence-electron chi connectivity index (χ2n) is 0.835. The smallest absolute Gasteiger partial charge is 0.219 e. The Labute approximate surface area is 45.8 Å². The highest BCUT2D eigenvalue weighted by molar-refractivity contribution is 5.75. The van der Waals surface area contributed by atoms with E-state index in [9.17, 15) is 4.79 Å². The zero-order valence-corrected chi connectivity index (χ0v) is 3.06. The second-order valence-corrected chi connectivity index (χ2v) is 0.835. The molecule has 0 bridgehead atoms. The summed E-state index contributed by atoms with van der Waals surface area (Å²) in [6, 6.07) is 0. The van der Waals surface area contributed by atoms with Crippen LogP contribution in [-0.2, 0) is 4.79 Å². The number of carbonyl (C=O) groups is 1. The molecule has 0 fully saturated rings. The van der Waals surface area contributed by atoms with E-state index in [2.05, 4.69) is 5.73 Å². The summed E-state index contributed by atoms with van der Waals surface area (Å²) in [5.41, 5.74) is 4.65. The number of nitrogens with two attached hydrogens (primary N) is 1. The van der Waals surface area contributed by atoms with Crippen molar-refractivity contribution < 1.29 is 13.0 Å². The Hall–Kier alpha value is -0.530. The number of rotatable bonds is 1. The highest BCUT2D eigenvalue weighted by Gasteiger charge is 1.96. The average Bonchev–Trinajstić information content (AvgIpc) is 1.49. The maximum atomic E-state index is 10.5. The molecular weight excluding hydrogens is 78.0 g/mol. The quantitative estimate of drug-likeness (QED) is 0.492. The fourth-order valence-corrected chi connectivity index (χ4v) is 0. The summed E-state index contributed by atoms with van der Waals surface area (Å²) >= 11 is 0.